The number of nitrogens with zero attached hydrogens (tertiary/aromatic N) is 2. The molecule has 1 unspecified atom stereocenters. The minimum Gasteiger partial charge on any atom is -0.493 e. The highest BCUT2D eigenvalue weighted by Crippen LogP contribution is 2.32. The van der Waals surface area contributed by atoms with Gasteiger partial charge in [0.25, 0.3) is 5.91 Å². The molecule has 3 aromatic rings. The van der Waals surface area contributed by atoms with Gasteiger partial charge in [0.1, 0.15) is 23.1 Å². The predicted molar refractivity (Wildman–Crippen MR) is 135 cm³/mol. The van der Waals surface area contributed by atoms with Crippen molar-refractivity contribution in [3.63, 3.8) is 0 Å². The number of morpholine rings is 1. The molecule has 2 heterocycles. The van der Waals surface area contributed by atoms with Crippen LogP contribution in [0.5, 0.6) is 17.2 Å². The van der Waals surface area contributed by atoms with Gasteiger partial charge in [-0.3, -0.25) is 9.69 Å². The molecule has 9 heteroatoms. The Hall–Kier alpha value is -3.14. The summed E-state index contributed by atoms with van der Waals surface area (Å²) in [6, 6.07) is 13.7. The number of methoxy groups -OCH3 is 2. The summed E-state index contributed by atoms with van der Waals surface area (Å²) in [7, 11) is 3.24. The van der Waals surface area contributed by atoms with Crippen molar-refractivity contribution in [2.75, 3.05) is 47.1 Å². The summed E-state index contributed by atoms with van der Waals surface area (Å²) in [6.45, 7) is 5.68. The fourth-order valence-electron chi connectivity index (χ4n) is 3.95. The maximum absolute atomic E-state index is 12.9. The predicted octanol–water partition coefficient (Wildman–Crippen LogP) is 3.85. The summed E-state index contributed by atoms with van der Waals surface area (Å²) in [6.07, 6.45) is 0. The van der Waals surface area contributed by atoms with Crippen LogP contribution in [0.15, 0.2) is 47.8 Å². The van der Waals surface area contributed by atoms with E-state index in [-0.39, 0.29) is 11.9 Å². The first-order chi connectivity index (χ1) is 17.1. The second-order valence-electron chi connectivity index (χ2n) is 8.22. The lowest BCUT2D eigenvalue weighted by Crippen LogP contribution is -2.43. The summed E-state index contributed by atoms with van der Waals surface area (Å²) in [5, 5.41) is 5.58. The lowest BCUT2D eigenvalue weighted by Gasteiger charge is -2.35. The van der Waals surface area contributed by atoms with E-state index in [2.05, 4.69) is 15.2 Å². The van der Waals surface area contributed by atoms with Crippen LogP contribution in [-0.4, -0.2) is 62.9 Å². The number of rotatable bonds is 10. The quantitative estimate of drug-likeness (QED) is 0.456. The number of carbonyl (C=O) groups excluding carboxylic acids is 1. The zero-order valence-electron chi connectivity index (χ0n) is 20.3. The van der Waals surface area contributed by atoms with E-state index in [1.54, 1.807) is 19.6 Å². The first-order valence-corrected chi connectivity index (χ1v) is 12.4. The summed E-state index contributed by atoms with van der Waals surface area (Å²) in [5.74, 6) is 1.90. The molecule has 1 atom stereocenters. The molecule has 1 amide bonds. The van der Waals surface area contributed by atoms with Crippen molar-refractivity contribution in [3.8, 4) is 17.2 Å². The van der Waals surface area contributed by atoms with Crippen molar-refractivity contribution in [1.82, 2.24) is 15.2 Å². The molecule has 186 valence electrons. The second kappa shape index (κ2) is 12.0. The Bertz CT molecular complexity index is 1110. The molecule has 1 saturated heterocycles. The first kappa shape index (κ1) is 25.0. The monoisotopic (exact) mass is 497 g/mol. The molecule has 0 aliphatic carbocycles. The van der Waals surface area contributed by atoms with Crippen molar-refractivity contribution in [2.24, 2.45) is 0 Å². The van der Waals surface area contributed by atoms with E-state index in [4.69, 9.17) is 18.9 Å². The van der Waals surface area contributed by atoms with Crippen LogP contribution in [0.3, 0.4) is 0 Å². The number of hydrogen-bond acceptors (Lipinski definition) is 8. The second-order valence-corrected chi connectivity index (χ2v) is 9.16. The van der Waals surface area contributed by atoms with Crippen LogP contribution in [-0.2, 0) is 11.3 Å². The van der Waals surface area contributed by atoms with E-state index in [0.717, 1.165) is 29.4 Å². The van der Waals surface area contributed by atoms with Gasteiger partial charge in [-0.15, -0.1) is 11.3 Å². The Morgan fingerprint density at radius 2 is 1.86 bits per heavy atom. The van der Waals surface area contributed by atoms with E-state index in [0.29, 0.717) is 43.6 Å². The normalized spacial score (nSPS) is 14.8. The number of benzene rings is 2. The lowest BCUT2D eigenvalue weighted by molar-refractivity contribution is 0.0161. The van der Waals surface area contributed by atoms with Crippen molar-refractivity contribution >= 4 is 17.2 Å². The van der Waals surface area contributed by atoms with Gasteiger partial charge < -0.3 is 24.3 Å². The molecule has 0 radical (unpaired) electrons. The van der Waals surface area contributed by atoms with Gasteiger partial charge in [-0.1, -0.05) is 23.8 Å². The third kappa shape index (κ3) is 6.50. The standard InChI is InChI=1S/C26H31N3O5S/c1-18-4-7-20(8-5-18)34-16-25-28-21(17-35-25)26(30)27-15-22(29-10-12-33-13-11-29)19-6-9-23(31-2)24(14-19)32-3/h4-9,14,17,22H,10-13,15-16H2,1-3H3,(H,27,30). The third-order valence-corrected chi connectivity index (χ3v) is 6.72. The molecule has 1 N–H and O–H groups in total. The number of ether oxygens (including phenoxy) is 4. The molecule has 2 aromatic carbocycles. The van der Waals surface area contributed by atoms with Gasteiger partial charge in [-0.2, -0.15) is 0 Å². The molecule has 1 aliphatic heterocycles. The zero-order valence-corrected chi connectivity index (χ0v) is 21.1. The number of thiazole rings is 1. The fraction of sp³-hybridized carbons (Fsp3) is 0.385. The van der Waals surface area contributed by atoms with Crippen LogP contribution in [0.1, 0.15) is 32.7 Å². The lowest BCUT2D eigenvalue weighted by atomic mass is 10.0. The molecule has 1 aromatic heterocycles. The average molecular weight is 498 g/mol. The highest BCUT2D eigenvalue weighted by atomic mass is 32.1. The zero-order chi connectivity index (χ0) is 24.6. The van der Waals surface area contributed by atoms with Crippen molar-refractivity contribution in [3.05, 3.63) is 69.7 Å². The van der Waals surface area contributed by atoms with E-state index in [1.165, 1.54) is 16.9 Å². The average Bonchev–Trinajstić information content (AvgIpc) is 3.38. The molecule has 0 saturated carbocycles. The number of nitrogens with one attached hydrogen (secondary N) is 1. The summed E-state index contributed by atoms with van der Waals surface area (Å²) in [4.78, 5) is 19.7. The van der Waals surface area contributed by atoms with Crippen LogP contribution in [0.4, 0.5) is 0 Å². The molecule has 0 spiro atoms. The number of hydrogen-bond donors (Lipinski definition) is 1. The number of aryl methyl sites for hydroxylation is 1. The fourth-order valence-corrected chi connectivity index (χ4v) is 4.63. The molecule has 8 nitrogen and oxygen atoms in total. The topological polar surface area (TPSA) is 82.2 Å². The molecular formula is C26H31N3O5S. The highest BCUT2D eigenvalue weighted by molar-refractivity contribution is 7.09. The molecule has 35 heavy (non-hydrogen) atoms. The van der Waals surface area contributed by atoms with Crippen molar-refractivity contribution < 1.29 is 23.7 Å². The number of aromatic nitrogens is 1. The Kier molecular flexibility index (Phi) is 8.57. The SMILES string of the molecule is COc1ccc(C(CNC(=O)c2csc(COc3ccc(C)cc3)n2)N2CCOCC2)cc1OC. The van der Waals surface area contributed by atoms with Crippen LogP contribution >= 0.6 is 11.3 Å². The minimum atomic E-state index is -0.207. The number of carbonyl (C=O) groups is 1. The summed E-state index contributed by atoms with van der Waals surface area (Å²) in [5.41, 5.74) is 2.61. The highest BCUT2D eigenvalue weighted by Gasteiger charge is 2.25. The van der Waals surface area contributed by atoms with Gasteiger partial charge in [-0.25, -0.2) is 4.98 Å². The Labute approximate surface area is 209 Å². The van der Waals surface area contributed by atoms with E-state index in [9.17, 15) is 4.79 Å². The largest absolute Gasteiger partial charge is 0.493 e. The van der Waals surface area contributed by atoms with Gasteiger partial charge in [0.05, 0.1) is 33.5 Å². The molecular weight excluding hydrogens is 466 g/mol. The van der Waals surface area contributed by atoms with E-state index < -0.39 is 0 Å². The number of amides is 1. The van der Waals surface area contributed by atoms with Crippen LogP contribution in [0.25, 0.3) is 0 Å². The molecule has 4 rings (SSSR count). The van der Waals surface area contributed by atoms with Gasteiger partial charge in [0.2, 0.25) is 0 Å². The van der Waals surface area contributed by atoms with Gasteiger partial charge in [-0.05, 0) is 36.8 Å². The Balaban J connectivity index is 1.41. The molecule has 1 aliphatic rings. The molecule has 0 bridgehead atoms. The van der Waals surface area contributed by atoms with Gasteiger partial charge >= 0.3 is 0 Å². The van der Waals surface area contributed by atoms with Gasteiger partial charge in [0, 0.05) is 25.0 Å². The van der Waals surface area contributed by atoms with Gasteiger partial charge in [0.15, 0.2) is 11.5 Å². The Morgan fingerprint density at radius 3 is 2.57 bits per heavy atom. The van der Waals surface area contributed by atoms with E-state index >= 15 is 0 Å². The van der Waals surface area contributed by atoms with Crippen LogP contribution < -0.4 is 19.5 Å². The van der Waals surface area contributed by atoms with E-state index in [1.807, 2.05) is 49.4 Å². The molecule has 1 fully saturated rings. The smallest absolute Gasteiger partial charge is 0.270 e. The summed E-state index contributed by atoms with van der Waals surface area (Å²) < 4.78 is 22.2. The van der Waals surface area contributed by atoms with Crippen LogP contribution in [0, 0.1) is 6.92 Å². The first-order valence-electron chi connectivity index (χ1n) is 11.5. The summed E-state index contributed by atoms with van der Waals surface area (Å²) >= 11 is 1.41. The Morgan fingerprint density at radius 1 is 1.11 bits per heavy atom. The maximum atomic E-state index is 12.9. The van der Waals surface area contributed by atoms with Crippen LogP contribution in [0.2, 0.25) is 0 Å². The minimum absolute atomic E-state index is 0.0365. The van der Waals surface area contributed by atoms with Crippen molar-refractivity contribution in [1.29, 1.82) is 0 Å². The van der Waals surface area contributed by atoms with Crippen molar-refractivity contribution in [2.45, 2.75) is 19.6 Å². The third-order valence-electron chi connectivity index (χ3n) is 5.90. The maximum Gasteiger partial charge on any atom is 0.270 e.